The normalized spacial score (nSPS) is 10.4. The van der Waals surface area contributed by atoms with E-state index in [9.17, 15) is 0 Å². The molecule has 0 unspecified atom stereocenters. The first-order valence-corrected chi connectivity index (χ1v) is 26.9. The van der Waals surface area contributed by atoms with E-state index in [1.54, 1.807) is 0 Å². The van der Waals surface area contributed by atoms with Gasteiger partial charge in [0.1, 0.15) is 35.2 Å². The summed E-state index contributed by atoms with van der Waals surface area (Å²) in [6.07, 6.45) is 10.7. The van der Waals surface area contributed by atoms with Crippen LogP contribution in [0.5, 0.6) is 0 Å². The van der Waals surface area contributed by atoms with Gasteiger partial charge in [-0.15, -0.1) is 0 Å². The molecule has 0 amide bonds. The van der Waals surface area contributed by atoms with E-state index in [2.05, 4.69) is 342 Å². The molecule has 0 saturated heterocycles. The van der Waals surface area contributed by atoms with E-state index in [0.717, 1.165) is 0 Å². The van der Waals surface area contributed by atoms with Gasteiger partial charge in [-0.05, 0) is 171 Å². The maximum Gasteiger partial charge on any atom is 0.215 e. The first kappa shape index (κ1) is 58.1. The van der Waals surface area contributed by atoms with Gasteiger partial charge >= 0.3 is 0 Å². The molecular formula is C72H84N5+5. The quantitative estimate of drug-likeness (QED) is 0.153. The summed E-state index contributed by atoms with van der Waals surface area (Å²) in [5, 5.41) is 0. The molecule has 10 rings (SSSR count). The zero-order valence-corrected chi connectivity index (χ0v) is 49.3. The Labute approximate surface area is 462 Å². The highest BCUT2D eigenvalue weighted by molar-refractivity contribution is 5.66. The van der Waals surface area contributed by atoms with Crippen molar-refractivity contribution in [3.8, 4) is 56.3 Å². The van der Waals surface area contributed by atoms with Crippen LogP contribution < -0.4 is 22.8 Å². The highest BCUT2D eigenvalue weighted by Crippen LogP contribution is 2.26. The summed E-state index contributed by atoms with van der Waals surface area (Å²) in [5.74, 6) is 0. The molecule has 0 atom stereocenters. The second-order valence-corrected chi connectivity index (χ2v) is 20.9. The predicted octanol–water partition coefficient (Wildman–Crippen LogP) is 14.6. The maximum atomic E-state index is 2.26. The monoisotopic (exact) mass is 1020 g/mol. The Balaban J connectivity index is 0.000000156. The number of aromatic nitrogens is 5. The Morgan fingerprint density at radius 3 is 1.08 bits per heavy atom. The number of rotatable bonds is 5. The van der Waals surface area contributed by atoms with Crippen molar-refractivity contribution in [2.75, 3.05) is 0 Å². The first-order chi connectivity index (χ1) is 36.7. The van der Waals surface area contributed by atoms with Gasteiger partial charge in [-0.3, -0.25) is 0 Å². The number of hydrogen-bond acceptors (Lipinski definition) is 0. The van der Waals surface area contributed by atoms with Crippen molar-refractivity contribution in [2.24, 2.45) is 35.2 Å². The van der Waals surface area contributed by atoms with E-state index in [1.165, 1.54) is 123 Å². The van der Waals surface area contributed by atoms with Crippen LogP contribution in [0.1, 0.15) is 66.8 Å². The SMILES string of the molecule is Cc1cc(-c2ccccc2C)[n+](C)cc1C.Cc1cc(C)c(-c2ccccc2C)[n+](C)c1.Cc1cc[n+](C)c(-c2ccccc2C)c1.Cc1ccc(-c2ccccc2C)[n+](C)c1.Cc1ccccc1-c1c(C)ccc[n+]1C. The smallest absolute Gasteiger partial charge is 0.201 e. The largest absolute Gasteiger partial charge is 0.215 e. The molecule has 5 aromatic heterocycles. The molecule has 0 spiro atoms. The van der Waals surface area contributed by atoms with E-state index in [1.807, 2.05) is 0 Å². The lowest BCUT2D eigenvalue weighted by Crippen LogP contribution is -2.32. The Morgan fingerprint density at radius 1 is 0.221 bits per heavy atom. The molecule has 5 nitrogen and oxygen atoms in total. The molecule has 5 heteroatoms. The molecule has 5 aromatic carbocycles. The van der Waals surface area contributed by atoms with E-state index in [-0.39, 0.29) is 0 Å². The molecule has 0 saturated carbocycles. The fourth-order valence-electron chi connectivity index (χ4n) is 10.0. The summed E-state index contributed by atoms with van der Waals surface area (Å²) < 4.78 is 10.9. The molecule has 392 valence electrons. The van der Waals surface area contributed by atoms with Crippen molar-refractivity contribution in [2.45, 2.75) is 83.1 Å². The van der Waals surface area contributed by atoms with Crippen molar-refractivity contribution in [3.05, 3.63) is 268 Å². The third kappa shape index (κ3) is 15.3. The lowest BCUT2D eigenvalue weighted by Gasteiger charge is -2.07. The van der Waals surface area contributed by atoms with Gasteiger partial charge < -0.3 is 0 Å². The summed E-state index contributed by atoms with van der Waals surface area (Å²) in [5.41, 5.74) is 28.8. The standard InChI is InChI=1S/2C15H18N.3C14H16N/c1-11-9-13(3)15(16(4)10-11)14-8-6-5-7-12(14)2;1-11-7-5-6-8-14(11)15-9-12(2)13(3)10-16(15)4;1-11-7-4-5-9-13(11)14-12(2)8-6-10-15(14)3;1-11-8-9-15(3)14(10-11)13-7-5-4-6-12(13)2;1-11-8-9-14(15(3)10-11)13-7-5-4-6-12(13)2/h2*5-10H,1-4H3;3*4-10H,1-3H3/q5*+1. The predicted molar refractivity (Wildman–Crippen MR) is 322 cm³/mol. The minimum absolute atomic E-state index is 1.26. The number of aryl methyl sites for hydroxylation is 17. The van der Waals surface area contributed by atoms with Crippen LogP contribution in [0, 0.1) is 83.1 Å². The van der Waals surface area contributed by atoms with E-state index >= 15 is 0 Å². The fraction of sp³-hybridized carbons (Fsp3) is 0.236. The lowest BCUT2D eigenvalue weighted by atomic mass is 10.0. The van der Waals surface area contributed by atoms with Gasteiger partial charge in [0.15, 0.2) is 31.0 Å². The van der Waals surface area contributed by atoms with E-state index < -0.39 is 0 Å². The molecule has 0 aliphatic heterocycles. The highest BCUT2D eigenvalue weighted by Gasteiger charge is 2.18. The summed E-state index contributed by atoms with van der Waals surface area (Å²) in [6.45, 7) is 25.8. The molecule has 77 heavy (non-hydrogen) atoms. The molecule has 0 aliphatic carbocycles. The average Bonchev–Trinajstić information content (AvgIpc) is 3.39. The van der Waals surface area contributed by atoms with Crippen molar-refractivity contribution in [1.82, 2.24) is 0 Å². The molecule has 0 N–H and O–H groups in total. The molecule has 0 aliphatic rings. The van der Waals surface area contributed by atoms with E-state index in [4.69, 9.17) is 0 Å². The fourth-order valence-corrected chi connectivity index (χ4v) is 10.0. The first-order valence-electron chi connectivity index (χ1n) is 26.9. The second-order valence-electron chi connectivity index (χ2n) is 20.9. The molecular weight excluding hydrogens is 935 g/mol. The third-order valence-corrected chi connectivity index (χ3v) is 14.3. The molecule has 10 aromatic rings. The van der Waals surface area contributed by atoms with Crippen LogP contribution in [0.2, 0.25) is 0 Å². The van der Waals surface area contributed by atoms with Gasteiger partial charge in [-0.2, -0.15) is 0 Å². The zero-order chi connectivity index (χ0) is 55.9. The number of nitrogens with zero attached hydrogens (tertiary/aromatic N) is 5. The summed E-state index contributed by atoms with van der Waals surface area (Å²) in [7, 11) is 10.5. The summed E-state index contributed by atoms with van der Waals surface area (Å²) in [4.78, 5) is 0. The second kappa shape index (κ2) is 27.1. The topological polar surface area (TPSA) is 19.4 Å². The molecule has 0 fully saturated rings. The van der Waals surface area contributed by atoms with Crippen molar-refractivity contribution in [1.29, 1.82) is 0 Å². The third-order valence-electron chi connectivity index (χ3n) is 14.3. The summed E-state index contributed by atoms with van der Waals surface area (Å²) >= 11 is 0. The summed E-state index contributed by atoms with van der Waals surface area (Å²) in [6, 6.07) is 59.9. The van der Waals surface area contributed by atoms with Crippen LogP contribution in [0.15, 0.2) is 201 Å². The average molecular weight is 1020 g/mol. The minimum atomic E-state index is 1.26. The number of pyridine rings is 5. The van der Waals surface area contributed by atoms with Crippen molar-refractivity contribution < 1.29 is 22.8 Å². The molecule has 5 heterocycles. The van der Waals surface area contributed by atoms with Gasteiger partial charge in [0.2, 0.25) is 28.5 Å². The van der Waals surface area contributed by atoms with Crippen LogP contribution in [0.3, 0.4) is 0 Å². The van der Waals surface area contributed by atoms with Gasteiger partial charge in [0.25, 0.3) is 0 Å². The van der Waals surface area contributed by atoms with Crippen molar-refractivity contribution in [3.63, 3.8) is 0 Å². The Hall–Kier alpha value is -8.15. The zero-order valence-electron chi connectivity index (χ0n) is 49.3. The highest BCUT2D eigenvalue weighted by atomic mass is 14.9. The van der Waals surface area contributed by atoms with Gasteiger partial charge in [0.05, 0.1) is 0 Å². The van der Waals surface area contributed by atoms with E-state index in [0.29, 0.717) is 0 Å². The van der Waals surface area contributed by atoms with Crippen LogP contribution in [-0.2, 0) is 35.2 Å². The number of benzene rings is 5. The van der Waals surface area contributed by atoms with Crippen LogP contribution >= 0.6 is 0 Å². The van der Waals surface area contributed by atoms with Crippen LogP contribution in [-0.4, -0.2) is 0 Å². The Bertz CT molecular complexity index is 3580. The molecule has 0 bridgehead atoms. The van der Waals surface area contributed by atoms with Crippen molar-refractivity contribution >= 4 is 0 Å². The van der Waals surface area contributed by atoms with Gasteiger partial charge in [0, 0.05) is 86.0 Å². The number of hydrogen-bond donors (Lipinski definition) is 0. The lowest BCUT2D eigenvalue weighted by molar-refractivity contribution is -0.661. The minimum Gasteiger partial charge on any atom is -0.201 e. The van der Waals surface area contributed by atoms with Gasteiger partial charge in [-0.1, -0.05) is 91.0 Å². The van der Waals surface area contributed by atoms with Crippen LogP contribution in [0.4, 0.5) is 0 Å². The molecule has 0 radical (unpaired) electrons. The van der Waals surface area contributed by atoms with Gasteiger partial charge in [-0.25, -0.2) is 22.8 Å². The maximum absolute atomic E-state index is 2.26. The Kier molecular flexibility index (Phi) is 20.4. The van der Waals surface area contributed by atoms with Crippen LogP contribution in [0.25, 0.3) is 56.3 Å². The Morgan fingerprint density at radius 2 is 0.623 bits per heavy atom.